The van der Waals surface area contributed by atoms with E-state index < -0.39 is 13.9 Å². The van der Waals surface area contributed by atoms with Gasteiger partial charge in [-0.2, -0.15) is 11.8 Å². The van der Waals surface area contributed by atoms with Crippen molar-refractivity contribution in [3.63, 3.8) is 0 Å². The second kappa shape index (κ2) is 13.2. The molecular weight excluding hydrogens is 529 g/mol. The van der Waals surface area contributed by atoms with Crippen LogP contribution in [0.25, 0.3) is 0 Å². The highest BCUT2D eigenvalue weighted by atomic mass is 32.2. The fourth-order valence-electron chi connectivity index (χ4n) is 6.62. The summed E-state index contributed by atoms with van der Waals surface area (Å²) in [6.45, 7) is 24.8. The molecule has 40 heavy (non-hydrogen) atoms. The van der Waals surface area contributed by atoms with Crippen molar-refractivity contribution in [3.05, 3.63) is 59.3 Å². The highest BCUT2D eigenvalue weighted by Gasteiger charge is 2.46. The Morgan fingerprint density at radius 3 is 2.52 bits per heavy atom. The Hall–Kier alpha value is -0.853. The van der Waals surface area contributed by atoms with E-state index >= 15 is 0 Å². The Labute approximate surface area is 251 Å². The van der Waals surface area contributed by atoms with Crippen LogP contribution in [0.5, 0.6) is 0 Å². The Bertz CT molecular complexity index is 1030. The molecule has 0 spiro atoms. The van der Waals surface area contributed by atoms with Gasteiger partial charge in [-0.15, -0.1) is 0 Å². The summed E-state index contributed by atoms with van der Waals surface area (Å²) in [6.07, 6.45) is 18.4. The minimum atomic E-state index is -1.96. The van der Waals surface area contributed by atoms with Crippen molar-refractivity contribution in [3.8, 4) is 0 Å². The number of rotatable bonds is 10. The lowest BCUT2D eigenvalue weighted by Crippen LogP contribution is -2.46. The quantitative estimate of drug-likeness (QED) is 0.198. The van der Waals surface area contributed by atoms with Crippen molar-refractivity contribution in [1.82, 2.24) is 0 Å². The van der Waals surface area contributed by atoms with E-state index in [0.717, 1.165) is 42.6 Å². The molecule has 0 aromatic heterocycles. The van der Waals surface area contributed by atoms with E-state index in [0.29, 0.717) is 24.0 Å². The molecule has 0 bridgehead atoms. The average Bonchev–Trinajstić information content (AvgIpc) is 3.24. The Morgan fingerprint density at radius 2 is 1.90 bits per heavy atom. The number of allylic oxidation sites excluding steroid dienone is 4. The van der Waals surface area contributed by atoms with Crippen molar-refractivity contribution >= 4 is 20.1 Å². The van der Waals surface area contributed by atoms with Gasteiger partial charge in [-0.1, -0.05) is 89.6 Å². The molecule has 0 aromatic carbocycles. The summed E-state index contributed by atoms with van der Waals surface area (Å²) in [4.78, 5) is 0. The standard InChI is InChI=1S/C35H58O3SSi/c1-11-35(37,12-2)21-14-22-39-26(4)30-18-19-31-27(15-13-20-34(30,31)8)16-17-28-23-29(36)24-32(25(28)3)38-40(9,10)33(5,6)7/h14,16-18,21,26,29,31-32,36-37H,3,11-13,15,19-20,22-24H2,1-2,4-10H3/b21-14+,27-16+,28-17-/t26?,29-,31+,32+,34-/m1/s1. The molecule has 1 unspecified atom stereocenters. The molecule has 3 nitrogen and oxygen atoms in total. The number of hydrogen-bond acceptors (Lipinski definition) is 4. The topological polar surface area (TPSA) is 49.7 Å². The van der Waals surface area contributed by atoms with Gasteiger partial charge in [-0.3, -0.25) is 0 Å². The van der Waals surface area contributed by atoms with Crippen molar-refractivity contribution in [1.29, 1.82) is 0 Å². The predicted molar refractivity (Wildman–Crippen MR) is 177 cm³/mol. The van der Waals surface area contributed by atoms with E-state index in [9.17, 15) is 10.2 Å². The molecule has 3 aliphatic carbocycles. The third-order valence-electron chi connectivity index (χ3n) is 10.6. The molecule has 0 aromatic rings. The summed E-state index contributed by atoms with van der Waals surface area (Å²) in [5, 5.41) is 21.9. The molecule has 0 saturated heterocycles. The van der Waals surface area contributed by atoms with E-state index in [1.807, 2.05) is 31.7 Å². The summed E-state index contributed by atoms with van der Waals surface area (Å²) < 4.78 is 6.73. The lowest BCUT2D eigenvalue weighted by atomic mass is 9.64. The molecule has 2 saturated carbocycles. The first-order valence-corrected chi connectivity index (χ1v) is 19.7. The second-order valence-electron chi connectivity index (χ2n) is 14.3. The zero-order valence-electron chi connectivity index (χ0n) is 27.0. The molecule has 0 aliphatic heterocycles. The molecule has 3 aliphatic rings. The zero-order valence-corrected chi connectivity index (χ0v) is 28.8. The highest BCUT2D eigenvalue weighted by molar-refractivity contribution is 8.00. The zero-order chi connectivity index (χ0) is 29.9. The van der Waals surface area contributed by atoms with Crippen LogP contribution < -0.4 is 0 Å². The van der Waals surface area contributed by atoms with Gasteiger partial charge in [0.15, 0.2) is 8.32 Å². The molecule has 2 N–H and O–H groups in total. The number of aliphatic hydroxyl groups excluding tert-OH is 1. The minimum Gasteiger partial charge on any atom is -0.410 e. The number of aliphatic hydroxyl groups is 2. The van der Waals surface area contributed by atoms with Gasteiger partial charge in [-0.05, 0) is 92.5 Å². The molecule has 0 amide bonds. The maximum atomic E-state index is 10.8. The summed E-state index contributed by atoms with van der Waals surface area (Å²) in [7, 11) is -1.96. The van der Waals surface area contributed by atoms with Crippen LogP contribution in [-0.4, -0.2) is 47.3 Å². The van der Waals surface area contributed by atoms with Gasteiger partial charge in [0, 0.05) is 17.4 Å². The normalized spacial score (nSPS) is 31.2. The molecule has 3 rings (SSSR count). The van der Waals surface area contributed by atoms with Gasteiger partial charge in [0.25, 0.3) is 0 Å². The first kappa shape index (κ1) is 33.6. The van der Waals surface area contributed by atoms with Gasteiger partial charge in [0.1, 0.15) is 0 Å². The van der Waals surface area contributed by atoms with Crippen LogP contribution in [0.2, 0.25) is 18.1 Å². The fourth-order valence-corrected chi connectivity index (χ4v) is 8.97. The molecule has 2 fully saturated rings. The van der Waals surface area contributed by atoms with Crippen molar-refractivity contribution in [2.75, 3.05) is 5.75 Å². The van der Waals surface area contributed by atoms with Crippen LogP contribution in [0.1, 0.15) is 99.8 Å². The highest BCUT2D eigenvalue weighted by Crippen LogP contribution is 2.56. The monoisotopic (exact) mass is 586 g/mol. The number of thioether (sulfide) groups is 1. The Kier molecular flexibility index (Phi) is 11.1. The molecule has 226 valence electrons. The second-order valence-corrected chi connectivity index (χ2v) is 20.5. The van der Waals surface area contributed by atoms with Gasteiger partial charge >= 0.3 is 0 Å². The lowest BCUT2D eigenvalue weighted by molar-refractivity contribution is 0.0827. The predicted octanol–water partition coefficient (Wildman–Crippen LogP) is 9.31. The van der Waals surface area contributed by atoms with E-state index in [1.54, 1.807) is 11.1 Å². The summed E-state index contributed by atoms with van der Waals surface area (Å²) in [5.41, 5.74) is 4.92. The van der Waals surface area contributed by atoms with Crippen molar-refractivity contribution in [2.24, 2.45) is 11.3 Å². The summed E-state index contributed by atoms with van der Waals surface area (Å²) in [6, 6.07) is 0. The largest absolute Gasteiger partial charge is 0.410 e. The smallest absolute Gasteiger partial charge is 0.192 e. The van der Waals surface area contributed by atoms with E-state index in [-0.39, 0.29) is 22.7 Å². The first-order chi connectivity index (χ1) is 18.6. The Morgan fingerprint density at radius 1 is 1.23 bits per heavy atom. The van der Waals surface area contributed by atoms with E-state index in [2.05, 4.69) is 78.6 Å². The van der Waals surface area contributed by atoms with Crippen molar-refractivity contribution < 1.29 is 14.6 Å². The first-order valence-electron chi connectivity index (χ1n) is 15.7. The summed E-state index contributed by atoms with van der Waals surface area (Å²) in [5.74, 6) is 1.48. The van der Waals surface area contributed by atoms with Crippen LogP contribution >= 0.6 is 11.8 Å². The lowest BCUT2D eigenvalue weighted by Gasteiger charge is -2.43. The van der Waals surface area contributed by atoms with Crippen LogP contribution in [0.3, 0.4) is 0 Å². The van der Waals surface area contributed by atoms with Gasteiger partial charge < -0.3 is 14.6 Å². The average molecular weight is 587 g/mol. The van der Waals surface area contributed by atoms with Gasteiger partial charge in [0.05, 0.1) is 17.8 Å². The number of fused-ring (bicyclic) bond motifs is 1. The van der Waals surface area contributed by atoms with Crippen LogP contribution in [0.15, 0.2) is 59.3 Å². The van der Waals surface area contributed by atoms with Crippen LogP contribution in [0, 0.1) is 11.3 Å². The van der Waals surface area contributed by atoms with E-state index in [4.69, 9.17) is 4.43 Å². The fraction of sp³-hybridized carbons (Fsp3) is 0.714. The minimum absolute atomic E-state index is 0.0942. The van der Waals surface area contributed by atoms with Crippen LogP contribution in [-0.2, 0) is 4.43 Å². The third-order valence-corrected chi connectivity index (χ3v) is 16.3. The van der Waals surface area contributed by atoms with Gasteiger partial charge in [-0.25, -0.2) is 0 Å². The molecule has 5 heteroatoms. The molecule has 0 heterocycles. The molecule has 0 radical (unpaired) electrons. The maximum Gasteiger partial charge on any atom is 0.192 e. The molecular formula is C35H58O3SSi. The maximum absolute atomic E-state index is 10.8. The number of hydrogen-bond donors (Lipinski definition) is 2. The summed E-state index contributed by atoms with van der Waals surface area (Å²) >= 11 is 1.99. The third kappa shape index (κ3) is 7.56. The van der Waals surface area contributed by atoms with E-state index in [1.165, 1.54) is 12.8 Å². The van der Waals surface area contributed by atoms with Crippen molar-refractivity contribution in [2.45, 2.75) is 141 Å². The van der Waals surface area contributed by atoms with Gasteiger partial charge in [0.2, 0.25) is 0 Å². The SMILES string of the molecule is C=C1/C(=C\C=C2/CCC[C@]3(C)C(C(C)SC/C=C/C(O)(CC)CC)=CC[C@@H]23)C[C@@H](O)C[C@@H]1O[Si](C)(C)C(C)(C)C. The molecule has 5 atom stereocenters. The van der Waals surface area contributed by atoms with Crippen LogP contribution in [0.4, 0.5) is 0 Å². The Balaban J connectivity index is 1.71.